The smallest absolute Gasteiger partial charge is 0.269 e. The van der Waals surface area contributed by atoms with E-state index in [4.69, 9.17) is 0 Å². The maximum atomic E-state index is 11.9. The quantitative estimate of drug-likeness (QED) is 0.831. The predicted octanol–water partition coefficient (Wildman–Crippen LogP) is 1.29. The molecule has 0 aliphatic carbocycles. The second-order valence-corrected chi connectivity index (χ2v) is 5.25. The number of hydrogen-bond acceptors (Lipinski definition) is 3. The van der Waals surface area contributed by atoms with E-state index < -0.39 is 6.10 Å². The minimum absolute atomic E-state index is 0.128. The molecule has 5 heteroatoms. The fraction of sp³-hybridized carbons (Fsp3) is 0.692. The molecule has 0 saturated carbocycles. The van der Waals surface area contributed by atoms with Crippen molar-refractivity contribution in [1.29, 1.82) is 0 Å². The van der Waals surface area contributed by atoms with Gasteiger partial charge in [-0.15, -0.1) is 0 Å². The molecule has 1 amide bonds. The molecule has 5 nitrogen and oxygen atoms in total. The van der Waals surface area contributed by atoms with Gasteiger partial charge in [0.05, 0.1) is 11.8 Å². The van der Waals surface area contributed by atoms with Gasteiger partial charge in [-0.1, -0.05) is 27.7 Å². The van der Waals surface area contributed by atoms with Gasteiger partial charge in [-0.2, -0.15) is 5.10 Å². The van der Waals surface area contributed by atoms with E-state index in [0.717, 1.165) is 5.69 Å². The number of aromatic nitrogens is 2. The van der Waals surface area contributed by atoms with Crippen LogP contribution in [0.4, 0.5) is 0 Å². The Balaban J connectivity index is 2.67. The van der Waals surface area contributed by atoms with E-state index >= 15 is 0 Å². The topological polar surface area (TPSA) is 67.2 Å². The molecule has 2 N–H and O–H groups in total. The predicted molar refractivity (Wildman–Crippen MR) is 70.5 cm³/mol. The number of aliphatic hydroxyl groups is 1. The maximum absolute atomic E-state index is 11.9. The highest BCUT2D eigenvalue weighted by atomic mass is 16.3. The van der Waals surface area contributed by atoms with Crippen LogP contribution in [0.15, 0.2) is 6.07 Å². The first kappa shape index (κ1) is 14.7. The number of nitrogens with one attached hydrogen (secondary N) is 1. The molecule has 0 radical (unpaired) electrons. The maximum Gasteiger partial charge on any atom is 0.269 e. The van der Waals surface area contributed by atoms with E-state index in [-0.39, 0.29) is 18.4 Å². The zero-order valence-corrected chi connectivity index (χ0v) is 11.8. The Morgan fingerprint density at radius 3 is 2.50 bits per heavy atom. The van der Waals surface area contributed by atoms with Gasteiger partial charge in [0, 0.05) is 13.6 Å². The molecule has 0 aromatic carbocycles. The lowest BCUT2D eigenvalue weighted by Gasteiger charge is -2.14. The summed E-state index contributed by atoms with van der Waals surface area (Å²) in [5.74, 6) is 0.221. The molecule has 0 aliphatic heterocycles. The Morgan fingerprint density at radius 2 is 2.06 bits per heavy atom. The second-order valence-electron chi connectivity index (χ2n) is 5.25. The molecule has 0 saturated heterocycles. The van der Waals surface area contributed by atoms with E-state index in [1.165, 1.54) is 0 Å². The van der Waals surface area contributed by atoms with Gasteiger partial charge in [0.15, 0.2) is 0 Å². The molecule has 1 aromatic heterocycles. The molecule has 0 spiro atoms. The Kier molecular flexibility index (Phi) is 4.90. The number of rotatable bonds is 5. The van der Waals surface area contributed by atoms with Crippen molar-refractivity contribution >= 4 is 5.91 Å². The highest BCUT2D eigenvalue weighted by Crippen LogP contribution is 2.13. The van der Waals surface area contributed by atoms with E-state index in [1.54, 1.807) is 17.8 Å². The third-order valence-electron chi connectivity index (χ3n) is 2.96. The summed E-state index contributed by atoms with van der Waals surface area (Å²) in [6, 6.07) is 1.79. The summed E-state index contributed by atoms with van der Waals surface area (Å²) in [6.45, 7) is 8.16. The van der Waals surface area contributed by atoms with Crippen LogP contribution in [0.3, 0.4) is 0 Å². The largest absolute Gasteiger partial charge is 0.391 e. The van der Waals surface area contributed by atoms with E-state index in [9.17, 15) is 9.90 Å². The third kappa shape index (κ3) is 3.57. The summed E-state index contributed by atoms with van der Waals surface area (Å²) in [4.78, 5) is 11.9. The first-order valence-corrected chi connectivity index (χ1v) is 6.33. The second kappa shape index (κ2) is 6.00. The van der Waals surface area contributed by atoms with Gasteiger partial charge in [0.2, 0.25) is 0 Å². The van der Waals surface area contributed by atoms with E-state index in [0.29, 0.717) is 11.6 Å². The minimum atomic E-state index is -0.522. The monoisotopic (exact) mass is 253 g/mol. The fourth-order valence-corrected chi connectivity index (χ4v) is 1.51. The zero-order chi connectivity index (χ0) is 13.9. The van der Waals surface area contributed by atoms with Crippen LogP contribution in [-0.4, -0.2) is 33.4 Å². The Labute approximate surface area is 108 Å². The summed E-state index contributed by atoms with van der Waals surface area (Å²) >= 11 is 0. The fourth-order valence-electron chi connectivity index (χ4n) is 1.51. The van der Waals surface area contributed by atoms with E-state index in [1.807, 2.05) is 27.7 Å². The van der Waals surface area contributed by atoms with Crippen molar-refractivity contribution in [2.75, 3.05) is 6.54 Å². The average Bonchev–Trinajstić information content (AvgIpc) is 2.67. The van der Waals surface area contributed by atoms with Crippen LogP contribution < -0.4 is 5.32 Å². The molecule has 1 unspecified atom stereocenters. The molecule has 0 aliphatic rings. The van der Waals surface area contributed by atoms with Gasteiger partial charge in [-0.25, -0.2) is 0 Å². The lowest BCUT2D eigenvalue weighted by atomic mass is 10.1. The molecule has 0 bridgehead atoms. The van der Waals surface area contributed by atoms with Gasteiger partial charge in [0.1, 0.15) is 5.69 Å². The summed E-state index contributed by atoms with van der Waals surface area (Å²) in [6.07, 6.45) is -0.522. The Bertz CT molecular complexity index is 410. The van der Waals surface area contributed by atoms with Gasteiger partial charge < -0.3 is 10.4 Å². The molecule has 1 aromatic rings. The van der Waals surface area contributed by atoms with Crippen molar-refractivity contribution in [3.05, 3.63) is 17.5 Å². The number of carbonyl (C=O) groups excluding carboxylic acids is 1. The van der Waals surface area contributed by atoms with Gasteiger partial charge >= 0.3 is 0 Å². The standard InChI is InChI=1S/C13H23N3O2/c1-8(2)10-6-11(16(5)15-10)13(18)14-7-12(17)9(3)4/h6,8-9,12,17H,7H2,1-5H3,(H,14,18). The molecule has 0 fully saturated rings. The van der Waals surface area contributed by atoms with Crippen molar-refractivity contribution in [3.63, 3.8) is 0 Å². The number of amides is 1. The number of hydrogen-bond donors (Lipinski definition) is 2. The molecule has 18 heavy (non-hydrogen) atoms. The Hall–Kier alpha value is -1.36. The van der Waals surface area contributed by atoms with Crippen molar-refractivity contribution in [2.24, 2.45) is 13.0 Å². The molecule has 1 rings (SSSR count). The van der Waals surface area contributed by atoms with Crippen LogP contribution in [0.5, 0.6) is 0 Å². The molecular weight excluding hydrogens is 230 g/mol. The summed E-state index contributed by atoms with van der Waals surface area (Å²) in [5.41, 5.74) is 1.42. The lowest BCUT2D eigenvalue weighted by molar-refractivity contribution is 0.0863. The van der Waals surface area contributed by atoms with Gasteiger partial charge in [0.25, 0.3) is 5.91 Å². The number of nitrogens with zero attached hydrogens (tertiary/aromatic N) is 2. The third-order valence-corrected chi connectivity index (χ3v) is 2.96. The lowest BCUT2D eigenvalue weighted by Crippen LogP contribution is -2.35. The van der Waals surface area contributed by atoms with Crippen molar-refractivity contribution in [2.45, 2.75) is 39.7 Å². The summed E-state index contributed by atoms with van der Waals surface area (Å²) in [7, 11) is 1.75. The number of carbonyl (C=O) groups is 1. The van der Waals surface area contributed by atoms with Crippen molar-refractivity contribution in [1.82, 2.24) is 15.1 Å². The van der Waals surface area contributed by atoms with E-state index in [2.05, 4.69) is 10.4 Å². The van der Waals surface area contributed by atoms with Crippen molar-refractivity contribution in [3.8, 4) is 0 Å². The first-order chi connectivity index (χ1) is 8.32. The van der Waals surface area contributed by atoms with Crippen LogP contribution in [0, 0.1) is 5.92 Å². The van der Waals surface area contributed by atoms with Gasteiger partial charge in [-0.05, 0) is 17.9 Å². The zero-order valence-electron chi connectivity index (χ0n) is 11.8. The molecular formula is C13H23N3O2. The highest BCUT2D eigenvalue weighted by molar-refractivity contribution is 5.92. The molecule has 1 atom stereocenters. The normalized spacial score (nSPS) is 13.1. The van der Waals surface area contributed by atoms with Crippen LogP contribution in [-0.2, 0) is 7.05 Å². The van der Waals surface area contributed by atoms with Crippen LogP contribution in [0.1, 0.15) is 49.8 Å². The molecule has 1 heterocycles. The van der Waals surface area contributed by atoms with Gasteiger partial charge in [-0.3, -0.25) is 9.48 Å². The number of aliphatic hydroxyl groups excluding tert-OH is 1. The average molecular weight is 253 g/mol. The highest BCUT2D eigenvalue weighted by Gasteiger charge is 2.16. The Morgan fingerprint density at radius 1 is 1.44 bits per heavy atom. The first-order valence-electron chi connectivity index (χ1n) is 6.33. The van der Waals surface area contributed by atoms with Crippen LogP contribution in [0.25, 0.3) is 0 Å². The van der Waals surface area contributed by atoms with Crippen molar-refractivity contribution < 1.29 is 9.90 Å². The number of aryl methyl sites for hydroxylation is 1. The summed E-state index contributed by atoms with van der Waals surface area (Å²) in [5, 5.41) is 16.7. The summed E-state index contributed by atoms with van der Waals surface area (Å²) < 4.78 is 1.58. The van der Waals surface area contributed by atoms with Crippen LogP contribution >= 0.6 is 0 Å². The van der Waals surface area contributed by atoms with Crippen LogP contribution in [0.2, 0.25) is 0 Å². The SMILES string of the molecule is CC(C)c1cc(C(=O)NCC(O)C(C)C)n(C)n1. The molecule has 102 valence electrons. The minimum Gasteiger partial charge on any atom is -0.391 e.